The summed E-state index contributed by atoms with van der Waals surface area (Å²) >= 11 is 3.33. The molecular weight excluding hydrogens is 402 g/mol. The quantitative estimate of drug-likeness (QED) is 0.579. The van der Waals surface area contributed by atoms with E-state index in [0.29, 0.717) is 17.6 Å². The molecule has 0 radical (unpaired) electrons. The first kappa shape index (κ1) is 18.6. The first-order valence-corrected chi connectivity index (χ1v) is 9.23. The minimum atomic E-state index is -0.316. The standard InChI is InChI=1S/C11H8BrFO.C10H9FO/c12-11-8(6-14)2-1-7-3-4-9(13)5-10(7)11;11-8-5-4-7-2-1-3-10(12)9(7)6-8/h3-6H,1-2H2;4-6H,1-3H2. The monoisotopic (exact) mass is 418 g/mol. The van der Waals surface area contributed by atoms with E-state index < -0.39 is 0 Å². The van der Waals surface area contributed by atoms with Crippen LogP contribution in [0.25, 0.3) is 4.48 Å². The third kappa shape index (κ3) is 3.98. The van der Waals surface area contributed by atoms with Crippen molar-refractivity contribution >= 4 is 32.5 Å². The van der Waals surface area contributed by atoms with Gasteiger partial charge in [0.2, 0.25) is 0 Å². The van der Waals surface area contributed by atoms with Gasteiger partial charge in [-0.3, -0.25) is 9.59 Å². The van der Waals surface area contributed by atoms with Gasteiger partial charge in [0, 0.05) is 22.0 Å². The lowest BCUT2D eigenvalue weighted by Gasteiger charge is -2.16. The zero-order valence-electron chi connectivity index (χ0n) is 14.0. The fraction of sp³-hybridized carbons (Fsp3) is 0.238. The summed E-state index contributed by atoms with van der Waals surface area (Å²) in [4.78, 5) is 22.0. The summed E-state index contributed by atoms with van der Waals surface area (Å²) < 4.78 is 26.4. The van der Waals surface area contributed by atoms with Crippen LogP contribution in [0.5, 0.6) is 0 Å². The van der Waals surface area contributed by atoms with Crippen molar-refractivity contribution in [3.05, 3.63) is 75.9 Å². The smallest absolute Gasteiger partial charge is 0.163 e. The lowest BCUT2D eigenvalue weighted by molar-refractivity contribution is -0.105. The van der Waals surface area contributed by atoms with Crippen LogP contribution in [-0.4, -0.2) is 12.1 Å². The van der Waals surface area contributed by atoms with Gasteiger partial charge in [0.1, 0.15) is 17.9 Å². The molecule has 26 heavy (non-hydrogen) atoms. The van der Waals surface area contributed by atoms with Crippen molar-refractivity contribution in [2.24, 2.45) is 0 Å². The van der Waals surface area contributed by atoms with Crippen LogP contribution in [0.1, 0.15) is 46.3 Å². The van der Waals surface area contributed by atoms with E-state index in [1.54, 1.807) is 12.1 Å². The number of aldehydes is 1. The molecule has 2 aliphatic rings. The maximum atomic E-state index is 13.0. The molecule has 0 aromatic heterocycles. The van der Waals surface area contributed by atoms with Crippen LogP contribution in [0, 0.1) is 11.6 Å². The number of benzene rings is 2. The molecule has 0 aliphatic heterocycles. The summed E-state index contributed by atoms with van der Waals surface area (Å²) in [5.41, 5.74) is 4.18. The Labute approximate surface area is 159 Å². The molecule has 0 unspecified atom stereocenters. The number of aryl methyl sites for hydroxylation is 2. The first-order valence-electron chi connectivity index (χ1n) is 8.44. The average Bonchev–Trinajstić information content (AvgIpc) is 2.64. The van der Waals surface area contributed by atoms with E-state index in [1.165, 1.54) is 24.3 Å². The number of allylic oxidation sites excluding steroid dienone is 1. The van der Waals surface area contributed by atoms with Crippen molar-refractivity contribution in [2.75, 3.05) is 0 Å². The van der Waals surface area contributed by atoms with Gasteiger partial charge in [0.25, 0.3) is 0 Å². The van der Waals surface area contributed by atoms with Gasteiger partial charge in [-0.2, -0.15) is 0 Å². The molecule has 0 N–H and O–H groups in total. The molecule has 0 heterocycles. The number of hydrogen-bond acceptors (Lipinski definition) is 2. The fourth-order valence-corrected chi connectivity index (χ4v) is 3.89. The Morgan fingerprint density at radius 1 is 0.846 bits per heavy atom. The molecule has 0 saturated heterocycles. The molecule has 134 valence electrons. The summed E-state index contributed by atoms with van der Waals surface area (Å²) in [6.07, 6.45) is 4.73. The summed E-state index contributed by atoms with van der Waals surface area (Å²) in [5.74, 6) is -0.507. The van der Waals surface area contributed by atoms with Crippen LogP contribution >= 0.6 is 15.9 Å². The van der Waals surface area contributed by atoms with E-state index in [1.807, 2.05) is 0 Å². The Morgan fingerprint density at radius 3 is 2.12 bits per heavy atom. The number of ketones is 1. The van der Waals surface area contributed by atoms with Gasteiger partial charge in [-0.1, -0.05) is 12.1 Å². The van der Waals surface area contributed by atoms with Crippen molar-refractivity contribution in [2.45, 2.75) is 32.1 Å². The molecule has 0 bridgehead atoms. The number of Topliss-reactive ketones (excluding diaryl/α,β-unsaturated/α-hetero) is 1. The van der Waals surface area contributed by atoms with Crippen LogP contribution < -0.4 is 0 Å². The molecule has 2 nitrogen and oxygen atoms in total. The van der Waals surface area contributed by atoms with Crippen molar-refractivity contribution in [1.29, 1.82) is 0 Å². The van der Waals surface area contributed by atoms with E-state index in [0.717, 1.165) is 53.1 Å². The number of rotatable bonds is 1. The Morgan fingerprint density at radius 2 is 1.46 bits per heavy atom. The second kappa shape index (κ2) is 8.04. The maximum absolute atomic E-state index is 13.0. The van der Waals surface area contributed by atoms with E-state index in [9.17, 15) is 18.4 Å². The van der Waals surface area contributed by atoms with E-state index >= 15 is 0 Å². The molecule has 0 saturated carbocycles. The number of carbonyl (C=O) groups is 2. The molecule has 4 rings (SSSR count). The van der Waals surface area contributed by atoms with Gasteiger partial charge in [0.15, 0.2) is 5.78 Å². The second-order valence-corrected chi connectivity index (χ2v) is 7.13. The van der Waals surface area contributed by atoms with E-state index in [-0.39, 0.29) is 17.4 Å². The van der Waals surface area contributed by atoms with Gasteiger partial charge in [-0.05, 0) is 82.6 Å². The van der Waals surface area contributed by atoms with Crippen LogP contribution in [0.4, 0.5) is 8.78 Å². The largest absolute Gasteiger partial charge is 0.298 e. The van der Waals surface area contributed by atoms with Gasteiger partial charge >= 0.3 is 0 Å². The molecule has 2 aliphatic carbocycles. The molecule has 0 atom stereocenters. The van der Waals surface area contributed by atoms with Crippen LogP contribution in [0.3, 0.4) is 0 Å². The SMILES string of the molecule is O=C1CCCc2ccc(F)cc21.O=CC1=C(Br)c2cc(F)ccc2CC1. The van der Waals surface area contributed by atoms with Crippen molar-refractivity contribution in [3.63, 3.8) is 0 Å². The molecule has 0 fully saturated rings. The maximum Gasteiger partial charge on any atom is 0.163 e. The number of hydrogen-bond donors (Lipinski definition) is 0. The van der Waals surface area contributed by atoms with Gasteiger partial charge in [0.05, 0.1) is 0 Å². The van der Waals surface area contributed by atoms with Crippen LogP contribution in [-0.2, 0) is 17.6 Å². The first-order chi connectivity index (χ1) is 12.5. The van der Waals surface area contributed by atoms with Gasteiger partial charge in [-0.25, -0.2) is 8.78 Å². The Balaban J connectivity index is 0.000000152. The topological polar surface area (TPSA) is 34.1 Å². The van der Waals surface area contributed by atoms with E-state index in [4.69, 9.17) is 0 Å². The summed E-state index contributed by atoms with van der Waals surface area (Å²) in [7, 11) is 0. The third-order valence-corrected chi connectivity index (χ3v) is 5.55. The molecule has 0 amide bonds. The Bertz CT molecular complexity index is 903. The fourth-order valence-electron chi connectivity index (χ4n) is 3.23. The van der Waals surface area contributed by atoms with E-state index in [2.05, 4.69) is 15.9 Å². The summed E-state index contributed by atoms with van der Waals surface area (Å²) in [6.45, 7) is 0. The molecule has 5 heteroatoms. The van der Waals surface area contributed by atoms with Crippen LogP contribution in [0.15, 0.2) is 42.0 Å². The van der Waals surface area contributed by atoms with Crippen molar-refractivity contribution in [3.8, 4) is 0 Å². The highest BCUT2D eigenvalue weighted by molar-refractivity contribution is 9.15. The lowest BCUT2D eigenvalue weighted by Crippen LogP contribution is -2.10. The Hall–Kier alpha value is -2.14. The highest BCUT2D eigenvalue weighted by atomic mass is 79.9. The Kier molecular flexibility index (Phi) is 5.77. The normalized spacial score (nSPS) is 15.6. The zero-order chi connectivity index (χ0) is 18.7. The zero-order valence-corrected chi connectivity index (χ0v) is 15.6. The van der Waals surface area contributed by atoms with Crippen LogP contribution in [0.2, 0.25) is 0 Å². The minimum absolute atomic E-state index is 0.0794. The predicted octanol–water partition coefficient (Wildman–Crippen LogP) is 5.42. The predicted molar refractivity (Wildman–Crippen MR) is 100 cm³/mol. The average molecular weight is 419 g/mol. The summed E-state index contributed by atoms with van der Waals surface area (Å²) in [5, 5.41) is 0. The molecular formula is C21H17BrF2O2. The minimum Gasteiger partial charge on any atom is -0.298 e. The number of fused-ring (bicyclic) bond motifs is 2. The molecule has 2 aromatic carbocycles. The van der Waals surface area contributed by atoms with Gasteiger partial charge < -0.3 is 0 Å². The highest BCUT2D eigenvalue weighted by Crippen LogP contribution is 2.34. The van der Waals surface area contributed by atoms with Crippen molar-refractivity contribution < 1.29 is 18.4 Å². The molecule has 2 aromatic rings. The summed E-state index contributed by atoms with van der Waals surface area (Å²) in [6, 6.07) is 9.15. The highest BCUT2D eigenvalue weighted by Gasteiger charge is 2.17. The second-order valence-electron chi connectivity index (χ2n) is 6.34. The number of carbonyl (C=O) groups excluding carboxylic acids is 2. The third-order valence-electron chi connectivity index (χ3n) is 4.62. The lowest BCUT2D eigenvalue weighted by atomic mass is 9.91. The van der Waals surface area contributed by atoms with Crippen molar-refractivity contribution in [1.82, 2.24) is 0 Å². The molecule has 0 spiro atoms. The van der Waals surface area contributed by atoms with Gasteiger partial charge in [-0.15, -0.1) is 0 Å². The number of halogens is 3.